The molecule has 13 heavy (non-hydrogen) atoms. The molecule has 0 aliphatic carbocycles. The fourth-order valence-corrected chi connectivity index (χ4v) is 1.08. The molecule has 0 radical (unpaired) electrons. The topological polar surface area (TPSA) is 0 Å². The Labute approximate surface area is 75.4 Å². The zero-order valence-electron chi connectivity index (χ0n) is 7.31. The summed E-state index contributed by atoms with van der Waals surface area (Å²) in [4.78, 5) is 0. The first-order chi connectivity index (χ1) is 6.00. The van der Waals surface area contributed by atoms with Gasteiger partial charge in [-0.15, -0.1) is 0 Å². The summed E-state index contributed by atoms with van der Waals surface area (Å²) in [5, 5.41) is 0. The van der Waals surface area contributed by atoms with Crippen LogP contribution in [0.15, 0.2) is 30.3 Å². The summed E-state index contributed by atoms with van der Waals surface area (Å²) in [5.41, 5.74) is 0.729. The van der Waals surface area contributed by atoms with Crippen molar-refractivity contribution in [2.24, 2.45) is 5.92 Å². The van der Waals surface area contributed by atoms with Gasteiger partial charge in [0.15, 0.2) is 0 Å². The second-order valence-electron chi connectivity index (χ2n) is 3.13. The normalized spacial score (nSPS) is 14.2. The number of hydrogen-bond donors (Lipinski definition) is 0. The summed E-state index contributed by atoms with van der Waals surface area (Å²) in [7, 11) is 0. The zero-order valence-corrected chi connectivity index (χ0v) is 7.31. The third-order valence-electron chi connectivity index (χ3n) is 1.94. The van der Waals surface area contributed by atoms with Crippen LogP contribution in [0.25, 0.3) is 0 Å². The van der Waals surface area contributed by atoms with Gasteiger partial charge in [-0.1, -0.05) is 37.3 Å². The van der Waals surface area contributed by atoms with E-state index in [0.29, 0.717) is 0 Å². The van der Waals surface area contributed by atoms with E-state index in [9.17, 15) is 13.2 Å². The van der Waals surface area contributed by atoms with Gasteiger partial charge in [-0.25, -0.2) is 0 Å². The second-order valence-corrected chi connectivity index (χ2v) is 3.13. The highest BCUT2D eigenvalue weighted by atomic mass is 19.4. The maximum atomic E-state index is 12.1. The lowest BCUT2D eigenvalue weighted by Crippen LogP contribution is -2.21. The van der Waals surface area contributed by atoms with E-state index in [2.05, 4.69) is 0 Å². The molecule has 0 saturated carbocycles. The smallest absolute Gasteiger partial charge is 0.171 e. The van der Waals surface area contributed by atoms with Gasteiger partial charge in [0.25, 0.3) is 0 Å². The van der Waals surface area contributed by atoms with E-state index >= 15 is 0 Å². The first kappa shape index (κ1) is 10.1. The standard InChI is InChI=1S/C10H11F3/c1-8(10(11,12)13)7-9-5-3-2-4-6-9/h2-6,8H,7H2,1H3. The average Bonchev–Trinajstić information content (AvgIpc) is 2.04. The Kier molecular flexibility index (Phi) is 2.96. The second kappa shape index (κ2) is 3.81. The summed E-state index contributed by atoms with van der Waals surface area (Å²) in [5.74, 6) is -1.27. The van der Waals surface area contributed by atoms with Crippen LogP contribution < -0.4 is 0 Å². The van der Waals surface area contributed by atoms with Crippen LogP contribution in [0.3, 0.4) is 0 Å². The molecule has 0 bridgehead atoms. The minimum absolute atomic E-state index is 0.0599. The molecule has 0 fully saturated rings. The van der Waals surface area contributed by atoms with Gasteiger partial charge in [-0.2, -0.15) is 13.2 Å². The highest BCUT2D eigenvalue weighted by Crippen LogP contribution is 2.28. The van der Waals surface area contributed by atoms with Gasteiger partial charge >= 0.3 is 6.18 Å². The van der Waals surface area contributed by atoms with Gasteiger partial charge in [-0.3, -0.25) is 0 Å². The van der Waals surface area contributed by atoms with E-state index in [-0.39, 0.29) is 6.42 Å². The molecule has 1 unspecified atom stereocenters. The molecule has 0 heterocycles. The minimum atomic E-state index is -4.09. The first-order valence-corrected chi connectivity index (χ1v) is 4.11. The maximum absolute atomic E-state index is 12.1. The monoisotopic (exact) mass is 188 g/mol. The maximum Gasteiger partial charge on any atom is 0.391 e. The summed E-state index contributed by atoms with van der Waals surface area (Å²) < 4.78 is 36.4. The van der Waals surface area contributed by atoms with Crippen molar-refractivity contribution in [2.45, 2.75) is 19.5 Å². The van der Waals surface area contributed by atoms with Crippen LogP contribution in [0.5, 0.6) is 0 Å². The van der Waals surface area contributed by atoms with E-state index in [0.717, 1.165) is 5.56 Å². The van der Waals surface area contributed by atoms with Crippen molar-refractivity contribution in [2.75, 3.05) is 0 Å². The van der Waals surface area contributed by atoms with Gasteiger partial charge in [0, 0.05) is 0 Å². The first-order valence-electron chi connectivity index (χ1n) is 4.11. The number of alkyl halides is 3. The van der Waals surface area contributed by atoms with Gasteiger partial charge in [0.1, 0.15) is 0 Å². The molecule has 0 aliphatic heterocycles. The van der Waals surface area contributed by atoms with E-state index in [1.54, 1.807) is 30.3 Å². The van der Waals surface area contributed by atoms with Crippen LogP contribution in [0.4, 0.5) is 13.2 Å². The molecular formula is C10H11F3. The summed E-state index contributed by atoms with van der Waals surface area (Å²) >= 11 is 0. The lowest BCUT2D eigenvalue weighted by Gasteiger charge is -2.14. The van der Waals surface area contributed by atoms with E-state index in [4.69, 9.17) is 0 Å². The molecule has 72 valence electrons. The summed E-state index contributed by atoms with van der Waals surface area (Å²) in [6.45, 7) is 1.20. The van der Waals surface area contributed by atoms with Crippen molar-refractivity contribution in [3.63, 3.8) is 0 Å². The van der Waals surface area contributed by atoms with Crippen LogP contribution in [0.2, 0.25) is 0 Å². The Morgan fingerprint density at radius 3 is 2.15 bits per heavy atom. The van der Waals surface area contributed by atoms with Crippen LogP contribution in [-0.2, 0) is 6.42 Å². The number of hydrogen-bond acceptors (Lipinski definition) is 0. The van der Waals surface area contributed by atoms with Crippen LogP contribution >= 0.6 is 0 Å². The molecular weight excluding hydrogens is 177 g/mol. The molecule has 0 spiro atoms. The Morgan fingerprint density at radius 1 is 1.15 bits per heavy atom. The largest absolute Gasteiger partial charge is 0.391 e. The van der Waals surface area contributed by atoms with Crippen molar-refractivity contribution in [3.8, 4) is 0 Å². The Balaban J connectivity index is 2.61. The van der Waals surface area contributed by atoms with Crippen LogP contribution in [0, 0.1) is 5.92 Å². The fraction of sp³-hybridized carbons (Fsp3) is 0.400. The summed E-state index contributed by atoms with van der Waals surface area (Å²) in [6, 6.07) is 8.71. The Hall–Kier alpha value is -0.990. The Bertz CT molecular complexity index is 251. The van der Waals surface area contributed by atoms with Gasteiger partial charge in [0.2, 0.25) is 0 Å². The van der Waals surface area contributed by atoms with E-state index in [1.165, 1.54) is 6.92 Å². The summed E-state index contributed by atoms with van der Waals surface area (Å²) in [6.07, 6.45) is -4.03. The number of rotatable bonds is 2. The quantitative estimate of drug-likeness (QED) is 0.667. The lowest BCUT2D eigenvalue weighted by molar-refractivity contribution is -0.169. The number of halogens is 3. The molecule has 0 nitrogen and oxygen atoms in total. The SMILES string of the molecule is CC(Cc1ccccc1)C(F)(F)F. The minimum Gasteiger partial charge on any atom is -0.171 e. The third kappa shape index (κ3) is 3.09. The van der Waals surface area contributed by atoms with Crippen molar-refractivity contribution >= 4 is 0 Å². The van der Waals surface area contributed by atoms with Crippen LogP contribution in [-0.4, -0.2) is 6.18 Å². The highest BCUT2D eigenvalue weighted by molar-refractivity contribution is 5.15. The van der Waals surface area contributed by atoms with Crippen LogP contribution in [0.1, 0.15) is 12.5 Å². The van der Waals surface area contributed by atoms with Crippen molar-refractivity contribution in [1.82, 2.24) is 0 Å². The highest BCUT2D eigenvalue weighted by Gasteiger charge is 2.35. The van der Waals surface area contributed by atoms with Crippen molar-refractivity contribution in [1.29, 1.82) is 0 Å². The van der Waals surface area contributed by atoms with Gasteiger partial charge < -0.3 is 0 Å². The van der Waals surface area contributed by atoms with E-state index in [1.807, 2.05) is 0 Å². The number of benzene rings is 1. The molecule has 0 aliphatic rings. The Morgan fingerprint density at radius 2 is 1.69 bits per heavy atom. The lowest BCUT2D eigenvalue weighted by atomic mass is 10.0. The van der Waals surface area contributed by atoms with Crippen molar-refractivity contribution < 1.29 is 13.2 Å². The molecule has 1 atom stereocenters. The zero-order chi connectivity index (χ0) is 9.90. The van der Waals surface area contributed by atoms with Crippen molar-refractivity contribution in [3.05, 3.63) is 35.9 Å². The third-order valence-corrected chi connectivity index (χ3v) is 1.94. The van der Waals surface area contributed by atoms with E-state index < -0.39 is 12.1 Å². The molecule has 0 N–H and O–H groups in total. The average molecular weight is 188 g/mol. The molecule has 0 saturated heterocycles. The fourth-order valence-electron chi connectivity index (χ4n) is 1.08. The van der Waals surface area contributed by atoms with Gasteiger partial charge in [-0.05, 0) is 12.0 Å². The molecule has 1 aromatic rings. The molecule has 0 aromatic heterocycles. The molecule has 3 heteroatoms. The predicted octanol–water partition coefficient (Wildman–Crippen LogP) is 3.43. The molecule has 1 rings (SSSR count). The molecule has 0 amide bonds. The molecule has 1 aromatic carbocycles. The van der Waals surface area contributed by atoms with Gasteiger partial charge in [0.05, 0.1) is 5.92 Å². The predicted molar refractivity (Wildman–Crippen MR) is 45.4 cm³/mol.